The number of nitrogens with zero attached hydrogens (tertiary/aromatic N) is 2. The summed E-state index contributed by atoms with van der Waals surface area (Å²) in [5.41, 5.74) is 2.23. The van der Waals surface area contributed by atoms with Gasteiger partial charge in [0.15, 0.2) is 0 Å². The molecule has 0 saturated heterocycles. The molecule has 22 heavy (non-hydrogen) atoms. The second kappa shape index (κ2) is 7.35. The summed E-state index contributed by atoms with van der Waals surface area (Å²) >= 11 is 1.38. The molecule has 0 aliphatic heterocycles. The van der Waals surface area contributed by atoms with E-state index in [1.807, 2.05) is 20.2 Å². The largest absolute Gasteiger partial charge is 0.378 e. The molecule has 0 spiro atoms. The van der Waals surface area contributed by atoms with Gasteiger partial charge in [0, 0.05) is 25.8 Å². The van der Waals surface area contributed by atoms with Crippen molar-refractivity contribution in [2.24, 2.45) is 0 Å². The van der Waals surface area contributed by atoms with Crippen molar-refractivity contribution >= 4 is 34.5 Å². The van der Waals surface area contributed by atoms with Crippen molar-refractivity contribution in [3.05, 3.63) is 46.9 Å². The van der Waals surface area contributed by atoms with Crippen molar-refractivity contribution in [2.75, 3.05) is 19.0 Å². The lowest BCUT2D eigenvalue weighted by molar-refractivity contribution is 0.773. The smallest absolute Gasteiger partial charge is 0.107 e. The van der Waals surface area contributed by atoms with E-state index in [0.717, 1.165) is 5.56 Å². The van der Waals surface area contributed by atoms with Crippen LogP contribution in [0.15, 0.2) is 41.3 Å². The lowest BCUT2D eigenvalue weighted by atomic mass is 10.1. The minimum absolute atomic E-state index is 0.336. The fraction of sp³-hybridized carbons (Fsp3) is 0.278. The average Bonchev–Trinajstić information content (AvgIpc) is 2.50. The number of rotatable bonds is 5. The van der Waals surface area contributed by atoms with Crippen LogP contribution in [0.3, 0.4) is 0 Å². The van der Waals surface area contributed by atoms with E-state index in [4.69, 9.17) is 0 Å². The van der Waals surface area contributed by atoms with Gasteiger partial charge in [0.2, 0.25) is 0 Å². The zero-order valence-electron chi connectivity index (χ0n) is 13.4. The van der Waals surface area contributed by atoms with Gasteiger partial charge in [-0.3, -0.25) is 4.72 Å². The predicted octanol–water partition coefficient (Wildman–Crippen LogP) is 4.42. The van der Waals surface area contributed by atoms with Gasteiger partial charge in [-0.1, -0.05) is 18.2 Å². The Morgan fingerprint density at radius 2 is 1.86 bits per heavy atom. The Hall–Kier alpha value is -1.96. The average molecular weight is 311 g/mol. The highest BCUT2D eigenvalue weighted by atomic mass is 32.2. The zero-order chi connectivity index (χ0) is 16.1. The van der Waals surface area contributed by atoms with Gasteiger partial charge in [-0.25, -0.2) is 0 Å². The Labute approximate surface area is 136 Å². The van der Waals surface area contributed by atoms with Crippen molar-refractivity contribution in [3.63, 3.8) is 0 Å². The maximum atomic E-state index is 9.23. The van der Waals surface area contributed by atoms with Crippen molar-refractivity contribution in [3.8, 4) is 6.07 Å². The summed E-state index contributed by atoms with van der Waals surface area (Å²) in [5, 5.41) is 11.6. The van der Waals surface area contributed by atoms with Crippen LogP contribution in [0.1, 0.15) is 19.4 Å². The lowest BCUT2D eigenvalue weighted by Gasteiger charge is -2.13. The third-order valence-corrected chi connectivity index (χ3v) is 4.20. The molecule has 0 aliphatic carbocycles. The number of benzene rings is 2. The summed E-state index contributed by atoms with van der Waals surface area (Å²) in [6.07, 6.45) is 1.92. The molecule has 0 aromatic heterocycles. The predicted molar refractivity (Wildman–Crippen MR) is 97.7 cm³/mol. The molecule has 1 N–H and O–H groups in total. The molecule has 3 nitrogen and oxygen atoms in total. The third-order valence-electron chi connectivity index (χ3n) is 3.18. The van der Waals surface area contributed by atoms with Crippen LogP contribution in [0.25, 0.3) is 16.8 Å². The van der Waals surface area contributed by atoms with Gasteiger partial charge in [0.1, 0.15) is 11.0 Å². The van der Waals surface area contributed by atoms with Gasteiger partial charge in [-0.15, -0.1) is 0 Å². The van der Waals surface area contributed by atoms with E-state index in [1.165, 1.54) is 28.4 Å². The number of anilines is 1. The summed E-state index contributed by atoms with van der Waals surface area (Å²) in [6.45, 7) is 4.11. The summed E-state index contributed by atoms with van der Waals surface area (Å²) in [5.74, 6) is 0. The number of fused-ring (bicyclic) bond motifs is 1. The van der Waals surface area contributed by atoms with Gasteiger partial charge in [0.25, 0.3) is 0 Å². The Kier molecular flexibility index (Phi) is 5.48. The quantitative estimate of drug-likeness (QED) is 0.655. The minimum Gasteiger partial charge on any atom is -0.378 e. The molecule has 0 saturated carbocycles. The van der Waals surface area contributed by atoms with Gasteiger partial charge >= 0.3 is 0 Å². The molecule has 2 rings (SSSR count). The maximum absolute atomic E-state index is 9.23. The van der Waals surface area contributed by atoms with Crippen LogP contribution in [0.2, 0.25) is 0 Å². The Morgan fingerprint density at radius 1 is 1.18 bits per heavy atom. The second-order valence-electron chi connectivity index (χ2n) is 5.68. The maximum Gasteiger partial charge on any atom is 0.107 e. The van der Waals surface area contributed by atoms with Crippen molar-refractivity contribution in [2.45, 2.75) is 19.9 Å². The summed E-state index contributed by atoms with van der Waals surface area (Å²) < 4.78 is 3.19. The van der Waals surface area contributed by atoms with E-state index in [0.29, 0.717) is 10.9 Å². The summed E-state index contributed by atoms with van der Waals surface area (Å²) in [6, 6.07) is 15.2. The minimum atomic E-state index is 0.336. The van der Waals surface area contributed by atoms with Crippen molar-refractivity contribution in [1.82, 2.24) is 4.72 Å². The van der Waals surface area contributed by atoms with E-state index in [9.17, 15) is 5.26 Å². The lowest BCUT2D eigenvalue weighted by Crippen LogP contribution is -2.13. The van der Waals surface area contributed by atoms with Crippen LogP contribution >= 0.6 is 11.9 Å². The van der Waals surface area contributed by atoms with Crippen LogP contribution < -0.4 is 9.62 Å². The molecule has 0 unspecified atom stereocenters. The molecule has 2 aromatic rings. The summed E-state index contributed by atoms with van der Waals surface area (Å²) in [7, 11) is 4.08. The number of hydrogen-bond donors (Lipinski definition) is 1. The number of allylic oxidation sites excluding steroid dienone is 1. The van der Waals surface area contributed by atoms with Crippen LogP contribution in [0, 0.1) is 11.3 Å². The highest BCUT2D eigenvalue weighted by Crippen LogP contribution is 2.24. The molecule has 0 aliphatic rings. The monoisotopic (exact) mass is 311 g/mol. The van der Waals surface area contributed by atoms with E-state index in [2.05, 4.69) is 65.9 Å². The van der Waals surface area contributed by atoms with Gasteiger partial charge < -0.3 is 4.90 Å². The molecule has 4 heteroatoms. The van der Waals surface area contributed by atoms with Crippen LogP contribution in [-0.4, -0.2) is 20.1 Å². The number of nitriles is 1. The SMILES string of the molecule is CC(C)NS/C(C#N)=C/c1ccc2cc(N(C)C)ccc2c1. The fourth-order valence-electron chi connectivity index (χ4n) is 2.04. The van der Waals surface area contributed by atoms with Crippen LogP contribution in [0.4, 0.5) is 5.69 Å². The van der Waals surface area contributed by atoms with Crippen molar-refractivity contribution < 1.29 is 0 Å². The second-order valence-corrected chi connectivity index (χ2v) is 6.56. The topological polar surface area (TPSA) is 39.1 Å². The zero-order valence-corrected chi connectivity index (χ0v) is 14.2. The van der Waals surface area contributed by atoms with E-state index < -0.39 is 0 Å². The van der Waals surface area contributed by atoms with Crippen LogP contribution in [0.5, 0.6) is 0 Å². The molecule has 0 heterocycles. The van der Waals surface area contributed by atoms with Crippen molar-refractivity contribution in [1.29, 1.82) is 5.26 Å². The van der Waals surface area contributed by atoms with E-state index >= 15 is 0 Å². The third kappa shape index (κ3) is 4.27. The van der Waals surface area contributed by atoms with Gasteiger partial charge in [-0.2, -0.15) is 5.26 Å². The molecular formula is C18H21N3S. The molecule has 0 fully saturated rings. The standard InChI is InChI=1S/C18H21N3S/c1-13(2)20-22-18(12-19)10-14-5-6-16-11-17(21(3)4)8-7-15(16)9-14/h5-11,13,20H,1-4H3/b18-10+. The fourth-order valence-corrected chi connectivity index (χ4v) is 2.64. The molecule has 114 valence electrons. The van der Waals surface area contributed by atoms with Gasteiger partial charge in [0.05, 0.1) is 0 Å². The Bertz CT molecular complexity index is 727. The van der Waals surface area contributed by atoms with E-state index in [-0.39, 0.29) is 0 Å². The highest BCUT2D eigenvalue weighted by Gasteiger charge is 2.02. The molecule has 0 atom stereocenters. The highest BCUT2D eigenvalue weighted by molar-refractivity contribution is 8.01. The Balaban J connectivity index is 2.29. The molecular weight excluding hydrogens is 290 g/mol. The van der Waals surface area contributed by atoms with Crippen LogP contribution in [-0.2, 0) is 0 Å². The molecule has 2 aromatic carbocycles. The molecule has 0 radical (unpaired) electrons. The summed E-state index contributed by atoms with van der Waals surface area (Å²) in [4.78, 5) is 2.76. The first-order valence-corrected chi connectivity index (χ1v) is 8.06. The first-order chi connectivity index (χ1) is 10.5. The van der Waals surface area contributed by atoms with E-state index in [1.54, 1.807) is 0 Å². The normalized spacial score (nSPS) is 11.7. The molecule has 0 amide bonds. The Morgan fingerprint density at radius 3 is 2.50 bits per heavy atom. The number of hydrogen-bond acceptors (Lipinski definition) is 4. The first-order valence-electron chi connectivity index (χ1n) is 7.25. The first kappa shape index (κ1) is 16.4. The van der Waals surface area contributed by atoms with Gasteiger partial charge in [-0.05, 0) is 66.4 Å². The molecule has 0 bridgehead atoms. The number of nitrogens with one attached hydrogen (secondary N) is 1.